The molecular weight excluding hydrogens is 337 g/mol. The molecule has 1 fully saturated rings. The first-order valence-corrected chi connectivity index (χ1v) is 7.22. The van der Waals surface area contributed by atoms with Gasteiger partial charge in [-0.1, -0.05) is 0 Å². The van der Waals surface area contributed by atoms with Gasteiger partial charge in [-0.05, 0) is 47.9 Å². The summed E-state index contributed by atoms with van der Waals surface area (Å²) < 4.78 is 6.42. The summed E-state index contributed by atoms with van der Waals surface area (Å²) in [4.78, 5) is 11.9. The Kier molecular flexibility index (Phi) is 4.21. The van der Waals surface area contributed by atoms with E-state index in [2.05, 4.69) is 27.9 Å². The van der Waals surface area contributed by atoms with Crippen LogP contribution in [0.25, 0.3) is 0 Å². The number of hydrogen-bond donors (Lipinski definition) is 1. The SMILES string of the molecule is COC1CCC(NC(=O)c2csc(I)c2)C1. The molecule has 1 aromatic heterocycles. The van der Waals surface area contributed by atoms with Crippen molar-refractivity contribution in [2.45, 2.75) is 31.4 Å². The smallest absolute Gasteiger partial charge is 0.252 e. The number of rotatable bonds is 3. The molecule has 0 spiro atoms. The third-order valence-corrected chi connectivity index (χ3v) is 4.67. The molecule has 2 unspecified atom stereocenters. The maximum absolute atomic E-state index is 11.9. The van der Waals surface area contributed by atoms with Crippen LogP contribution in [0.1, 0.15) is 29.6 Å². The van der Waals surface area contributed by atoms with Crippen molar-refractivity contribution in [1.82, 2.24) is 5.32 Å². The summed E-state index contributed by atoms with van der Waals surface area (Å²) in [6.45, 7) is 0. The van der Waals surface area contributed by atoms with Gasteiger partial charge in [0.05, 0.1) is 14.6 Å². The maximum Gasteiger partial charge on any atom is 0.252 e. The quantitative estimate of drug-likeness (QED) is 0.851. The van der Waals surface area contributed by atoms with Crippen LogP contribution in [0.3, 0.4) is 0 Å². The molecule has 1 saturated carbocycles. The number of halogens is 1. The van der Waals surface area contributed by atoms with E-state index >= 15 is 0 Å². The lowest BCUT2D eigenvalue weighted by molar-refractivity contribution is 0.0915. The molecule has 5 heteroatoms. The molecule has 16 heavy (non-hydrogen) atoms. The Bertz CT molecular complexity index is 380. The normalized spacial score (nSPS) is 24.6. The number of nitrogens with one attached hydrogen (secondary N) is 1. The number of amides is 1. The van der Waals surface area contributed by atoms with Gasteiger partial charge in [-0.2, -0.15) is 0 Å². The van der Waals surface area contributed by atoms with E-state index in [0.29, 0.717) is 6.10 Å². The fourth-order valence-corrected chi connectivity index (χ4v) is 3.31. The predicted octanol–water partition coefficient (Wildman–Crippen LogP) is 2.65. The van der Waals surface area contributed by atoms with Crippen molar-refractivity contribution in [1.29, 1.82) is 0 Å². The van der Waals surface area contributed by atoms with E-state index in [1.165, 1.54) is 0 Å². The van der Waals surface area contributed by atoms with Gasteiger partial charge in [-0.15, -0.1) is 11.3 Å². The number of methoxy groups -OCH3 is 1. The van der Waals surface area contributed by atoms with Crippen LogP contribution in [0.5, 0.6) is 0 Å². The fourth-order valence-electron chi connectivity index (χ4n) is 1.98. The van der Waals surface area contributed by atoms with Crippen LogP contribution in [-0.2, 0) is 4.74 Å². The molecule has 0 saturated heterocycles. The van der Waals surface area contributed by atoms with E-state index in [1.54, 1.807) is 18.4 Å². The first-order valence-electron chi connectivity index (χ1n) is 5.26. The lowest BCUT2D eigenvalue weighted by Gasteiger charge is -2.12. The Labute approximate surface area is 113 Å². The van der Waals surface area contributed by atoms with E-state index in [-0.39, 0.29) is 11.9 Å². The molecule has 3 nitrogen and oxygen atoms in total. The topological polar surface area (TPSA) is 38.3 Å². The minimum absolute atomic E-state index is 0.0425. The number of carbonyl (C=O) groups is 1. The van der Waals surface area contributed by atoms with Crippen LogP contribution in [0.15, 0.2) is 11.4 Å². The predicted molar refractivity (Wildman–Crippen MR) is 72.9 cm³/mol. The van der Waals surface area contributed by atoms with Gasteiger partial charge in [0.15, 0.2) is 0 Å². The lowest BCUT2D eigenvalue weighted by Crippen LogP contribution is -2.33. The Morgan fingerprint density at radius 2 is 2.44 bits per heavy atom. The van der Waals surface area contributed by atoms with Crippen molar-refractivity contribution in [2.24, 2.45) is 0 Å². The second-order valence-corrected chi connectivity index (χ2v) is 6.79. The highest BCUT2D eigenvalue weighted by atomic mass is 127. The lowest BCUT2D eigenvalue weighted by atomic mass is 10.2. The second kappa shape index (κ2) is 5.46. The standard InChI is InChI=1S/C11H14INO2S/c1-15-9-3-2-8(5-9)13-11(14)7-4-10(12)16-6-7/h4,6,8-9H,2-3,5H2,1H3,(H,13,14). The molecule has 1 heterocycles. The van der Waals surface area contributed by atoms with E-state index in [0.717, 1.165) is 27.7 Å². The molecule has 2 atom stereocenters. The van der Waals surface area contributed by atoms with E-state index in [4.69, 9.17) is 4.74 Å². The van der Waals surface area contributed by atoms with Gasteiger partial charge < -0.3 is 10.1 Å². The van der Waals surface area contributed by atoms with Crippen LogP contribution in [0.2, 0.25) is 0 Å². The molecule has 1 aliphatic carbocycles. The van der Waals surface area contributed by atoms with Gasteiger partial charge in [0.1, 0.15) is 0 Å². The minimum Gasteiger partial charge on any atom is -0.381 e. The number of hydrogen-bond acceptors (Lipinski definition) is 3. The Balaban J connectivity index is 1.89. The molecule has 0 aromatic carbocycles. The number of ether oxygens (including phenoxy) is 1. The van der Waals surface area contributed by atoms with Gasteiger partial charge in [-0.3, -0.25) is 4.79 Å². The molecular formula is C11H14INO2S. The van der Waals surface area contributed by atoms with Crippen molar-refractivity contribution in [3.8, 4) is 0 Å². The van der Waals surface area contributed by atoms with Crippen LogP contribution < -0.4 is 5.32 Å². The third-order valence-electron chi connectivity index (χ3n) is 2.88. The highest BCUT2D eigenvalue weighted by Gasteiger charge is 2.25. The molecule has 0 bridgehead atoms. The van der Waals surface area contributed by atoms with E-state index in [1.807, 2.05) is 11.4 Å². The molecule has 1 aliphatic rings. The molecule has 1 amide bonds. The Hall–Kier alpha value is -0.140. The monoisotopic (exact) mass is 351 g/mol. The molecule has 1 N–H and O–H groups in total. The fraction of sp³-hybridized carbons (Fsp3) is 0.545. The van der Waals surface area contributed by atoms with Crippen LogP contribution >= 0.6 is 33.9 Å². The first kappa shape index (κ1) is 12.3. The first-order chi connectivity index (χ1) is 7.69. The second-order valence-electron chi connectivity index (χ2n) is 3.98. The molecule has 2 rings (SSSR count). The van der Waals surface area contributed by atoms with Crippen LogP contribution in [-0.4, -0.2) is 25.2 Å². The maximum atomic E-state index is 11.9. The van der Waals surface area contributed by atoms with Crippen molar-refractivity contribution < 1.29 is 9.53 Å². The highest BCUT2D eigenvalue weighted by molar-refractivity contribution is 14.1. The molecule has 1 aromatic rings. The van der Waals surface area contributed by atoms with Gasteiger partial charge in [0.25, 0.3) is 5.91 Å². The average Bonchev–Trinajstić information content (AvgIpc) is 2.87. The van der Waals surface area contributed by atoms with E-state index < -0.39 is 0 Å². The zero-order chi connectivity index (χ0) is 11.5. The minimum atomic E-state index is 0.0425. The van der Waals surface area contributed by atoms with Crippen LogP contribution in [0, 0.1) is 2.88 Å². The van der Waals surface area contributed by atoms with Gasteiger partial charge in [0, 0.05) is 18.5 Å². The largest absolute Gasteiger partial charge is 0.381 e. The summed E-state index contributed by atoms with van der Waals surface area (Å²) in [7, 11) is 1.73. The molecule has 88 valence electrons. The van der Waals surface area contributed by atoms with Gasteiger partial charge in [-0.25, -0.2) is 0 Å². The van der Waals surface area contributed by atoms with Crippen LogP contribution in [0.4, 0.5) is 0 Å². The Morgan fingerprint density at radius 1 is 1.62 bits per heavy atom. The summed E-state index contributed by atoms with van der Waals surface area (Å²) in [6.07, 6.45) is 3.31. The average molecular weight is 351 g/mol. The van der Waals surface area contributed by atoms with Crippen molar-refractivity contribution >= 4 is 39.8 Å². The molecule has 0 aliphatic heterocycles. The zero-order valence-corrected chi connectivity index (χ0v) is 12.0. The third kappa shape index (κ3) is 2.95. The van der Waals surface area contributed by atoms with Crippen molar-refractivity contribution in [3.05, 3.63) is 19.9 Å². The zero-order valence-electron chi connectivity index (χ0n) is 9.03. The number of carbonyl (C=O) groups excluding carboxylic acids is 1. The van der Waals surface area contributed by atoms with E-state index in [9.17, 15) is 4.79 Å². The Morgan fingerprint density at radius 3 is 3.00 bits per heavy atom. The summed E-state index contributed by atoms with van der Waals surface area (Å²) in [5.41, 5.74) is 0.773. The van der Waals surface area contributed by atoms with Gasteiger partial charge in [0.2, 0.25) is 0 Å². The molecule has 0 radical (unpaired) electrons. The van der Waals surface area contributed by atoms with Gasteiger partial charge >= 0.3 is 0 Å². The number of thiophene rings is 1. The van der Waals surface area contributed by atoms with Crippen molar-refractivity contribution in [3.63, 3.8) is 0 Å². The highest BCUT2D eigenvalue weighted by Crippen LogP contribution is 2.22. The summed E-state index contributed by atoms with van der Waals surface area (Å²) in [5, 5.41) is 4.96. The summed E-state index contributed by atoms with van der Waals surface area (Å²) in [6, 6.07) is 2.19. The van der Waals surface area contributed by atoms with Crippen molar-refractivity contribution in [2.75, 3.05) is 7.11 Å². The summed E-state index contributed by atoms with van der Waals surface area (Å²) >= 11 is 3.82. The summed E-state index contributed by atoms with van der Waals surface area (Å²) in [5.74, 6) is 0.0425.